The van der Waals surface area contributed by atoms with Gasteiger partial charge in [0.25, 0.3) is 0 Å². The van der Waals surface area contributed by atoms with E-state index in [2.05, 4.69) is 17.6 Å². The van der Waals surface area contributed by atoms with Crippen LogP contribution in [0.15, 0.2) is 54.6 Å². The van der Waals surface area contributed by atoms with Gasteiger partial charge in [-0.05, 0) is 55.0 Å². The van der Waals surface area contributed by atoms with Crippen molar-refractivity contribution < 1.29 is 14.3 Å². The molecular weight excluding hydrogens is 456 g/mol. The number of hydrogen-bond acceptors (Lipinski definition) is 4. The van der Waals surface area contributed by atoms with E-state index in [0.29, 0.717) is 24.7 Å². The number of amides is 1. The predicted molar refractivity (Wildman–Crippen MR) is 149 cm³/mol. The minimum Gasteiger partial charge on any atom is -0.490 e. The van der Waals surface area contributed by atoms with Gasteiger partial charge < -0.3 is 20.1 Å². The minimum absolute atomic E-state index is 0.0307. The van der Waals surface area contributed by atoms with Crippen LogP contribution in [0.5, 0.6) is 11.5 Å². The van der Waals surface area contributed by atoms with Gasteiger partial charge in [-0.2, -0.15) is 0 Å². The van der Waals surface area contributed by atoms with Crippen LogP contribution < -0.4 is 20.1 Å². The summed E-state index contributed by atoms with van der Waals surface area (Å²) in [4.78, 5) is 12.1. The molecule has 0 fully saturated rings. The van der Waals surface area contributed by atoms with E-state index in [1.807, 2.05) is 54.6 Å². The van der Waals surface area contributed by atoms with Gasteiger partial charge in [0.15, 0.2) is 5.11 Å². The molecule has 6 heteroatoms. The monoisotopic (exact) mass is 498 g/mol. The van der Waals surface area contributed by atoms with Gasteiger partial charge in [-0.25, -0.2) is 0 Å². The molecule has 2 aromatic carbocycles. The fourth-order valence-corrected chi connectivity index (χ4v) is 4.00. The second-order valence-electron chi connectivity index (χ2n) is 8.82. The molecule has 0 spiro atoms. The lowest BCUT2D eigenvalue weighted by atomic mass is 10.1. The molecule has 0 bridgehead atoms. The summed E-state index contributed by atoms with van der Waals surface area (Å²) >= 11 is 5.27. The highest BCUT2D eigenvalue weighted by Gasteiger charge is 2.05. The van der Waals surface area contributed by atoms with Gasteiger partial charge in [0, 0.05) is 12.1 Å². The molecule has 0 radical (unpaired) electrons. The van der Waals surface area contributed by atoms with Gasteiger partial charge >= 0.3 is 0 Å². The van der Waals surface area contributed by atoms with Gasteiger partial charge in [0.2, 0.25) is 5.91 Å². The van der Waals surface area contributed by atoms with Crippen molar-refractivity contribution in [2.24, 2.45) is 0 Å². The Balaban J connectivity index is 1.48. The Morgan fingerprint density at radius 2 is 1.23 bits per heavy atom. The van der Waals surface area contributed by atoms with E-state index in [1.54, 1.807) is 0 Å². The Hall–Kier alpha value is -2.60. The molecular formula is C29H42N2O3S. The summed E-state index contributed by atoms with van der Waals surface area (Å²) in [6.45, 7) is 3.18. The molecule has 2 aromatic rings. The van der Waals surface area contributed by atoms with Crippen LogP contribution in [0.25, 0.3) is 0 Å². The van der Waals surface area contributed by atoms with Gasteiger partial charge in [-0.3, -0.25) is 4.79 Å². The van der Waals surface area contributed by atoms with Crippen molar-refractivity contribution in [1.29, 1.82) is 0 Å². The molecule has 192 valence electrons. The Morgan fingerprint density at radius 3 is 1.80 bits per heavy atom. The van der Waals surface area contributed by atoms with Crippen LogP contribution in [0.3, 0.4) is 0 Å². The van der Waals surface area contributed by atoms with Gasteiger partial charge in [0.1, 0.15) is 24.7 Å². The zero-order chi connectivity index (χ0) is 25.0. The number of hydrogen-bond donors (Lipinski definition) is 2. The van der Waals surface area contributed by atoms with Gasteiger partial charge in [0.05, 0.1) is 0 Å². The van der Waals surface area contributed by atoms with Crippen molar-refractivity contribution in [2.45, 2.75) is 84.0 Å². The summed E-state index contributed by atoms with van der Waals surface area (Å²) in [6.07, 6.45) is 14.5. The summed E-state index contributed by atoms with van der Waals surface area (Å²) < 4.78 is 11.3. The Bertz CT molecular complexity index is 828. The van der Waals surface area contributed by atoms with Crippen LogP contribution in [0.4, 0.5) is 5.69 Å². The van der Waals surface area contributed by atoms with Crippen molar-refractivity contribution >= 4 is 28.9 Å². The lowest BCUT2D eigenvalue weighted by molar-refractivity contribution is -0.119. The highest BCUT2D eigenvalue weighted by Crippen LogP contribution is 2.16. The number of carbonyl (C=O) groups is 1. The Labute approximate surface area is 217 Å². The van der Waals surface area contributed by atoms with Crippen LogP contribution >= 0.6 is 12.2 Å². The molecule has 2 rings (SSSR count). The maximum absolute atomic E-state index is 12.1. The van der Waals surface area contributed by atoms with Crippen LogP contribution in [0.1, 0.15) is 84.0 Å². The largest absolute Gasteiger partial charge is 0.490 e. The van der Waals surface area contributed by atoms with Crippen molar-refractivity contribution in [3.8, 4) is 11.5 Å². The molecule has 0 saturated heterocycles. The standard InChI is InChI=1S/C29H42N2O3S/c1-2-3-4-5-6-7-8-9-10-11-15-18-28(32)31-29(35)30-25-19-21-27(22-20-25)34-24-23-33-26-16-13-12-14-17-26/h12-14,16-17,19-22H,2-11,15,18,23-24H2,1H3,(H2,30,31,32,35). The zero-order valence-electron chi connectivity index (χ0n) is 21.2. The number of ether oxygens (including phenoxy) is 2. The topological polar surface area (TPSA) is 59.6 Å². The van der Waals surface area contributed by atoms with Crippen LogP contribution in [-0.4, -0.2) is 24.2 Å². The average molecular weight is 499 g/mol. The normalized spacial score (nSPS) is 10.5. The van der Waals surface area contributed by atoms with E-state index in [0.717, 1.165) is 30.0 Å². The van der Waals surface area contributed by atoms with Crippen LogP contribution in [0, 0.1) is 0 Å². The van der Waals surface area contributed by atoms with Crippen molar-refractivity contribution in [1.82, 2.24) is 5.32 Å². The van der Waals surface area contributed by atoms with Crippen molar-refractivity contribution in [2.75, 3.05) is 18.5 Å². The number of benzene rings is 2. The molecule has 0 aliphatic carbocycles. The molecule has 1 amide bonds. The molecule has 5 nitrogen and oxygen atoms in total. The summed E-state index contributed by atoms with van der Waals surface area (Å²) in [5.74, 6) is 1.55. The molecule has 0 heterocycles. The molecule has 0 aliphatic rings. The fraction of sp³-hybridized carbons (Fsp3) is 0.517. The minimum atomic E-state index is -0.0307. The lowest BCUT2D eigenvalue weighted by Crippen LogP contribution is -2.33. The molecule has 0 saturated carbocycles. The number of unbranched alkanes of at least 4 members (excludes halogenated alkanes) is 10. The van der Waals surface area contributed by atoms with Gasteiger partial charge in [-0.1, -0.05) is 89.3 Å². The number of nitrogens with one attached hydrogen (secondary N) is 2. The SMILES string of the molecule is CCCCCCCCCCCCCC(=O)NC(=S)Nc1ccc(OCCOc2ccccc2)cc1. The van der Waals surface area contributed by atoms with E-state index >= 15 is 0 Å². The first-order valence-electron chi connectivity index (χ1n) is 13.2. The van der Waals surface area contributed by atoms with Crippen LogP contribution in [-0.2, 0) is 4.79 Å². The highest BCUT2D eigenvalue weighted by atomic mass is 32.1. The number of anilines is 1. The van der Waals surface area contributed by atoms with E-state index in [9.17, 15) is 4.79 Å². The second kappa shape index (κ2) is 18.7. The first kappa shape index (κ1) is 28.6. The molecule has 0 unspecified atom stereocenters. The fourth-order valence-electron chi connectivity index (χ4n) is 3.77. The van der Waals surface area contributed by atoms with E-state index in [4.69, 9.17) is 21.7 Å². The zero-order valence-corrected chi connectivity index (χ0v) is 22.0. The molecule has 0 aliphatic heterocycles. The van der Waals surface area contributed by atoms with E-state index in [1.165, 1.54) is 57.8 Å². The van der Waals surface area contributed by atoms with Gasteiger partial charge in [-0.15, -0.1) is 0 Å². The van der Waals surface area contributed by atoms with E-state index in [-0.39, 0.29) is 5.91 Å². The third-order valence-corrected chi connectivity index (χ3v) is 5.94. The number of carbonyl (C=O) groups excluding carboxylic acids is 1. The molecule has 0 aromatic heterocycles. The van der Waals surface area contributed by atoms with E-state index < -0.39 is 0 Å². The van der Waals surface area contributed by atoms with Crippen LogP contribution in [0.2, 0.25) is 0 Å². The second-order valence-corrected chi connectivity index (χ2v) is 9.23. The first-order valence-corrected chi connectivity index (χ1v) is 13.6. The maximum atomic E-state index is 12.1. The quantitative estimate of drug-likeness (QED) is 0.163. The lowest BCUT2D eigenvalue weighted by Gasteiger charge is -2.11. The summed E-state index contributed by atoms with van der Waals surface area (Å²) in [5.41, 5.74) is 0.804. The molecule has 35 heavy (non-hydrogen) atoms. The number of thiocarbonyl (C=S) groups is 1. The average Bonchev–Trinajstić information content (AvgIpc) is 2.86. The number of rotatable bonds is 18. The Kier molecular flexibility index (Phi) is 15.3. The van der Waals surface area contributed by atoms with Crippen molar-refractivity contribution in [3.05, 3.63) is 54.6 Å². The van der Waals surface area contributed by atoms with Crippen molar-refractivity contribution in [3.63, 3.8) is 0 Å². The maximum Gasteiger partial charge on any atom is 0.226 e. The Morgan fingerprint density at radius 1 is 0.714 bits per heavy atom. The number of para-hydroxylation sites is 1. The smallest absolute Gasteiger partial charge is 0.226 e. The summed E-state index contributed by atoms with van der Waals surface area (Å²) in [7, 11) is 0. The predicted octanol–water partition coefficient (Wildman–Crippen LogP) is 7.66. The molecule has 0 atom stereocenters. The molecule has 2 N–H and O–H groups in total. The highest BCUT2D eigenvalue weighted by molar-refractivity contribution is 7.80. The summed E-state index contributed by atoms with van der Waals surface area (Å²) in [6, 6.07) is 17.1. The third-order valence-electron chi connectivity index (χ3n) is 5.74. The first-order chi connectivity index (χ1) is 17.2. The third kappa shape index (κ3) is 14.4. The summed E-state index contributed by atoms with van der Waals surface area (Å²) in [5, 5.41) is 6.14.